The van der Waals surface area contributed by atoms with Crippen LogP contribution in [0, 0.1) is 6.92 Å². The van der Waals surface area contributed by atoms with Gasteiger partial charge in [0, 0.05) is 28.4 Å². The van der Waals surface area contributed by atoms with Crippen molar-refractivity contribution >= 4 is 44.9 Å². The predicted molar refractivity (Wildman–Crippen MR) is 82.7 cm³/mol. The van der Waals surface area contributed by atoms with E-state index in [1.165, 1.54) is 11.3 Å². The number of aryl methyl sites for hydroxylation is 2. The van der Waals surface area contributed by atoms with Gasteiger partial charge >= 0.3 is 0 Å². The van der Waals surface area contributed by atoms with Crippen molar-refractivity contribution in [1.29, 1.82) is 0 Å². The van der Waals surface area contributed by atoms with Crippen molar-refractivity contribution in [2.75, 3.05) is 5.32 Å². The van der Waals surface area contributed by atoms with Crippen LogP contribution in [0.25, 0.3) is 10.9 Å². The maximum atomic E-state index is 12.3. The van der Waals surface area contributed by atoms with E-state index in [2.05, 4.69) is 10.3 Å². The summed E-state index contributed by atoms with van der Waals surface area (Å²) in [4.78, 5) is 16.5. The molecule has 2 heterocycles. The number of nitrogens with one attached hydrogen (secondary N) is 1. The summed E-state index contributed by atoms with van der Waals surface area (Å²) in [5.74, 6) is -0.186. The molecule has 0 saturated carbocycles. The Morgan fingerprint density at radius 2 is 2.25 bits per heavy atom. The molecular formula is C14H12ClN3OS. The van der Waals surface area contributed by atoms with Crippen LogP contribution in [0.5, 0.6) is 0 Å². The molecule has 0 aliphatic carbocycles. The fourth-order valence-electron chi connectivity index (χ4n) is 2.11. The molecule has 6 heteroatoms. The van der Waals surface area contributed by atoms with Gasteiger partial charge in [0.25, 0.3) is 5.91 Å². The van der Waals surface area contributed by atoms with Gasteiger partial charge in [-0.2, -0.15) is 0 Å². The number of carbonyl (C=O) groups excluding carboxylic acids is 1. The van der Waals surface area contributed by atoms with Crippen LogP contribution in [0.2, 0.25) is 5.02 Å². The first-order valence-electron chi connectivity index (χ1n) is 6.03. The number of halogens is 1. The van der Waals surface area contributed by atoms with E-state index >= 15 is 0 Å². The van der Waals surface area contributed by atoms with Gasteiger partial charge in [-0.15, -0.1) is 11.3 Å². The number of amides is 1. The Morgan fingerprint density at radius 1 is 1.45 bits per heavy atom. The third-order valence-electron chi connectivity index (χ3n) is 3.11. The lowest BCUT2D eigenvalue weighted by Gasteiger charge is -2.03. The van der Waals surface area contributed by atoms with Gasteiger partial charge in [0.1, 0.15) is 5.69 Å². The third-order valence-corrected chi connectivity index (χ3v) is 4.31. The number of anilines is 1. The normalized spacial score (nSPS) is 10.9. The van der Waals surface area contributed by atoms with Gasteiger partial charge in [0.2, 0.25) is 0 Å². The monoisotopic (exact) mass is 305 g/mol. The van der Waals surface area contributed by atoms with E-state index in [-0.39, 0.29) is 5.91 Å². The van der Waals surface area contributed by atoms with Crippen LogP contribution in [-0.4, -0.2) is 15.5 Å². The topological polar surface area (TPSA) is 46.9 Å². The zero-order valence-corrected chi connectivity index (χ0v) is 12.5. The second kappa shape index (κ2) is 4.92. The highest BCUT2D eigenvalue weighted by Crippen LogP contribution is 2.26. The van der Waals surface area contributed by atoms with Gasteiger partial charge in [0.15, 0.2) is 5.13 Å². The summed E-state index contributed by atoms with van der Waals surface area (Å²) in [6, 6.07) is 7.42. The van der Waals surface area contributed by atoms with Crippen LogP contribution in [0.3, 0.4) is 0 Å². The second-order valence-corrected chi connectivity index (χ2v) is 5.77. The average Bonchev–Trinajstić information content (AvgIpc) is 2.95. The molecule has 2 aromatic heterocycles. The molecule has 3 aromatic rings. The molecule has 102 valence electrons. The Hall–Kier alpha value is -1.85. The molecule has 0 atom stereocenters. The zero-order valence-electron chi connectivity index (χ0n) is 11.0. The average molecular weight is 306 g/mol. The molecule has 0 fully saturated rings. The molecule has 1 N–H and O–H groups in total. The minimum absolute atomic E-state index is 0.186. The zero-order chi connectivity index (χ0) is 14.3. The molecule has 0 saturated heterocycles. The Balaban J connectivity index is 1.99. The first-order valence-corrected chi connectivity index (χ1v) is 7.29. The maximum Gasteiger partial charge on any atom is 0.274 e. The van der Waals surface area contributed by atoms with Crippen molar-refractivity contribution in [2.24, 2.45) is 7.05 Å². The van der Waals surface area contributed by atoms with Crippen LogP contribution in [0.4, 0.5) is 5.13 Å². The fraction of sp³-hybridized carbons (Fsp3) is 0.143. The van der Waals surface area contributed by atoms with Gasteiger partial charge in [-0.1, -0.05) is 17.7 Å². The SMILES string of the molecule is Cc1csc(NC(=O)c2cc3c(Cl)cccc3n2C)n1. The first-order chi connectivity index (χ1) is 9.56. The summed E-state index contributed by atoms with van der Waals surface area (Å²) in [6.45, 7) is 1.89. The predicted octanol–water partition coefficient (Wildman–Crippen LogP) is 3.85. The van der Waals surface area contributed by atoms with Gasteiger partial charge in [-0.25, -0.2) is 4.98 Å². The number of carbonyl (C=O) groups is 1. The summed E-state index contributed by atoms with van der Waals surface area (Å²) in [6.07, 6.45) is 0. The summed E-state index contributed by atoms with van der Waals surface area (Å²) in [5, 5.41) is 6.82. The van der Waals surface area contributed by atoms with Crippen LogP contribution < -0.4 is 5.32 Å². The Kier molecular flexibility index (Phi) is 3.23. The standard InChI is InChI=1S/C14H12ClN3OS/c1-8-7-20-14(16-8)17-13(19)12-6-9-10(15)4-3-5-11(9)18(12)2/h3-7H,1-2H3,(H,16,17,19). The minimum atomic E-state index is -0.186. The third kappa shape index (κ3) is 2.19. The van der Waals surface area contributed by atoms with Crippen molar-refractivity contribution in [3.05, 3.63) is 46.1 Å². The molecule has 4 nitrogen and oxygen atoms in total. The number of hydrogen-bond acceptors (Lipinski definition) is 3. The fourth-order valence-corrected chi connectivity index (χ4v) is 3.02. The van der Waals surface area contributed by atoms with E-state index in [0.717, 1.165) is 16.6 Å². The molecule has 0 unspecified atom stereocenters. The highest BCUT2D eigenvalue weighted by Gasteiger charge is 2.15. The quantitative estimate of drug-likeness (QED) is 0.781. The number of nitrogens with zero attached hydrogens (tertiary/aromatic N) is 2. The molecule has 0 spiro atoms. The van der Waals surface area contributed by atoms with E-state index in [4.69, 9.17) is 11.6 Å². The first kappa shape index (κ1) is 13.1. The molecule has 0 radical (unpaired) electrons. The summed E-state index contributed by atoms with van der Waals surface area (Å²) >= 11 is 7.57. The number of thiazole rings is 1. The molecule has 1 aromatic carbocycles. The second-order valence-electron chi connectivity index (χ2n) is 4.51. The van der Waals surface area contributed by atoms with Crippen molar-refractivity contribution in [3.8, 4) is 0 Å². The number of benzene rings is 1. The smallest absolute Gasteiger partial charge is 0.274 e. The van der Waals surface area contributed by atoms with E-state index < -0.39 is 0 Å². The highest BCUT2D eigenvalue weighted by atomic mass is 35.5. The Morgan fingerprint density at radius 3 is 2.90 bits per heavy atom. The largest absolute Gasteiger partial charge is 0.340 e. The van der Waals surface area contributed by atoms with E-state index in [9.17, 15) is 4.79 Å². The lowest BCUT2D eigenvalue weighted by Crippen LogP contribution is -2.15. The lowest BCUT2D eigenvalue weighted by atomic mass is 10.2. The van der Waals surface area contributed by atoms with E-state index in [0.29, 0.717) is 15.8 Å². The molecule has 20 heavy (non-hydrogen) atoms. The van der Waals surface area contributed by atoms with Crippen LogP contribution in [0.1, 0.15) is 16.2 Å². The van der Waals surface area contributed by atoms with Gasteiger partial charge in [0.05, 0.1) is 5.69 Å². The summed E-state index contributed by atoms with van der Waals surface area (Å²) < 4.78 is 1.83. The van der Waals surface area contributed by atoms with Crippen LogP contribution >= 0.6 is 22.9 Å². The summed E-state index contributed by atoms with van der Waals surface area (Å²) in [7, 11) is 1.85. The van der Waals surface area contributed by atoms with E-state index in [1.54, 1.807) is 6.07 Å². The van der Waals surface area contributed by atoms with Gasteiger partial charge in [-0.05, 0) is 25.1 Å². The molecule has 0 aliphatic heterocycles. The Labute approximate surface area is 125 Å². The minimum Gasteiger partial charge on any atom is -0.340 e. The number of fused-ring (bicyclic) bond motifs is 1. The van der Waals surface area contributed by atoms with E-state index in [1.807, 2.05) is 42.1 Å². The highest BCUT2D eigenvalue weighted by molar-refractivity contribution is 7.13. The number of hydrogen-bond donors (Lipinski definition) is 1. The molecule has 0 aliphatic rings. The molecule has 1 amide bonds. The van der Waals surface area contributed by atoms with Gasteiger partial charge < -0.3 is 4.57 Å². The van der Waals surface area contributed by atoms with Crippen LogP contribution in [-0.2, 0) is 7.05 Å². The van der Waals surface area contributed by atoms with Crippen LogP contribution in [0.15, 0.2) is 29.6 Å². The lowest BCUT2D eigenvalue weighted by molar-refractivity contribution is 0.101. The Bertz CT molecular complexity index is 806. The van der Waals surface area contributed by atoms with Crippen molar-refractivity contribution in [1.82, 2.24) is 9.55 Å². The molecular weight excluding hydrogens is 294 g/mol. The molecule has 0 bridgehead atoms. The number of aromatic nitrogens is 2. The number of rotatable bonds is 2. The van der Waals surface area contributed by atoms with Gasteiger partial charge in [-0.3, -0.25) is 10.1 Å². The van der Waals surface area contributed by atoms with Crippen molar-refractivity contribution < 1.29 is 4.79 Å². The van der Waals surface area contributed by atoms with Crippen molar-refractivity contribution in [3.63, 3.8) is 0 Å². The van der Waals surface area contributed by atoms with Crippen molar-refractivity contribution in [2.45, 2.75) is 6.92 Å². The molecule has 3 rings (SSSR count). The maximum absolute atomic E-state index is 12.3. The summed E-state index contributed by atoms with van der Waals surface area (Å²) in [5.41, 5.74) is 2.38.